The van der Waals surface area contributed by atoms with Gasteiger partial charge in [-0.1, -0.05) is 0 Å². The minimum absolute atomic E-state index is 0. The molecule has 0 aliphatic heterocycles. The summed E-state index contributed by atoms with van der Waals surface area (Å²) in [4.78, 5) is 9.26. The van der Waals surface area contributed by atoms with E-state index in [4.69, 9.17) is 5.11 Å². The van der Waals surface area contributed by atoms with Gasteiger partial charge in [0.15, 0.2) is 0 Å². The normalized spacial score (nSPS) is 5.50. The van der Waals surface area contributed by atoms with Crippen molar-refractivity contribution in [2.24, 2.45) is 0 Å². The van der Waals surface area contributed by atoms with E-state index in [-0.39, 0.29) is 22.4 Å². The third kappa shape index (κ3) is 8.99. The van der Waals surface area contributed by atoms with Gasteiger partial charge in [0.25, 0.3) is 0 Å². The Morgan fingerprint density at radius 2 is 2.00 bits per heavy atom. The fraction of sp³-hybridized carbons (Fsp3) is 0.500. The van der Waals surface area contributed by atoms with E-state index >= 15 is 0 Å². The summed E-state index contributed by atoms with van der Waals surface area (Å²) in [5.74, 6) is 0. The monoisotopic (exact) mass is 182 g/mol. The van der Waals surface area contributed by atoms with E-state index in [0.29, 0.717) is 0 Å². The molecule has 0 saturated heterocycles. The van der Waals surface area contributed by atoms with Crippen LogP contribution in [0.3, 0.4) is 0 Å². The maximum absolute atomic E-state index is 9.26. The first kappa shape index (κ1) is 9.38. The van der Waals surface area contributed by atoms with Gasteiger partial charge in [0, 0.05) is 29.4 Å². The summed E-state index contributed by atoms with van der Waals surface area (Å²) in [7, 11) is 1.35. The topological polar surface area (TPSA) is 49.3 Å². The molecule has 0 aromatic rings. The van der Waals surface area contributed by atoms with E-state index < -0.39 is 6.09 Å². The smallest absolute Gasteiger partial charge is 0.404 e. The first-order chi connectivity index (χ1) is 2.27. The largest absolute Gasteiger partial charge is 0.465 e. The van der Waals surface area contributed by atoms with E-state index in [1.807, 2.05) is 5.32 Å². The quantitative estimate of drug-likeness (QED) is 0.514. The van der Waals surface area contributed by atoms with E-state index in [1.165, 1.54) is 7.05 Å². The van der Waals surface area contributed by atoms with E-state index in [0.717, 1.165) is 0 Å². The van der Waals surface area contributed by atoms with Crippen LogP contribution in [0.1, 0.15) is 0 Å². The van der Waals surface area contributed by atoms with Crippen molar-refractivity contribution in [2.75, 3.05) is 7.05 Å². The zero-order valence-electron chi connectivity index (χ0n) is 3.16. The molecule has 0 aromatic heterocycles. The van der Waals surface area contributed by atoms with Gasteiger partial charge in [-0.05, 0) is 0 Å². The zero-order chi connectivity index (χ0) is 4.28. The number of amides is 1. The molecular weight excluding hydrogens is 178 g/mol. The molecule has 2 N–H and O–H groups in total. The first-order valence-electron chi connectivity index (χ1n) is 1.18. The number of carboxylic acid groups (broad SMARTS) is 1. The summed E-state index contributed by atoms with van der Waals surface area (Å²) in [5.41, 5.74) is 0. The van der Waals surface area contributed by atoms with Gasteiger partial charge in [0.2, 0.25) is 0 Å². The Bertz CT molecular complexity index is 46.8. The van der Waals surface area contributed by atoms with Crippen molar-refractivity contribution in [1.82, 2.24) is 5.32 Å². The molecule has 0 atom stereocenters. The summed E-state index contributed by atoms with van der Waals surface area (Å²) in [5, 5.41) is 9.56. The summed E-state index contributed by atoms with van der Waals surface area (Å²) in [6, 6.07) is 0. The van der Waals surface area contributed by atoms with Gasteiger partial charge in [0.1, 0.15) is 0 Å². The van der Waals surface area contributed by atoms with Crippen LogP contribution in [0.5, 0.6) is 0 Å². The van der Waals surface area contributed by atoms with Crippen LogP contribution in [-0.4, -0.2) is 18.2 Å². The second-order valence-corrected chi connectivity index (χ2v) is 0.555. The summed E-state index contributed by atoms with van der Waals surface area (Å²) >= 11 is 0. The van der Waals surface area contributed by atoms with Gasteiger partial charge in [0.05, 0.1) is 0 Å². The van der Waals surface area contributed by atoms with Crippen LogP contribution in [0.4, 0.5) is 4.79 Å². The third-order valence-corrected chi connectivity index (χ3v) is 0.214. The number of rotatable bonds is 0. The SMILES string of the molecule is CNC(=O)O.[Ag]. The molecule has 0 unspecified atom stereocenters. The van der Waals surface area contributed by atoms with Crippen molar-refractivity contribution in [3.63, 3.8) is 0 Å². The molecule has 1 amide bonds. The van der Waals surface area contributed by atoms with E-state index in [9.17, 15) is 4.79 Å². The average Bonchev–Trinajstić information content (AvgIpc) is 1.38. The molecule has 0 rings (SSSR count). The third-order valence-electron chi connectivity index (χ3n) is 0.214. The van der Waals surface area contributed by atoms with Crippen molar-refractivity contribution in [3.8, 4) is 0 Å². The average molecular weight is 183 g/mol. The molecule has 0 fully saturated rings. The van der Waals surface area contributed by atoms with Crippen LogP contribution in [0.2, 0.25) is 0 Å². The summed E-state index contributed by atoms with van der Waals surface area (Å²) in [6.07, 6.45) is -0.995. The molecular formula is C2H5AgNO2. The van der Waals surface area contributed by atoms with Crippen LogP contribution < -0.4 is 5.32 Å². The molecule has 0 aliphatic rings. The maximum atomic E-state index is 9.26. The molecule has 4 heteroatoms. The van der Waals surface area contributed by atoms with E-state index in [2.05, 4.69) is 0 Å². The summed E-state index contributed by atoms with van der Waals surface area (Å²) in [6.45, 7) is 0. The van der Waals surface area contributed by atoms with Crippen molar-refractivity contribution in [3.05, 3.63) is 0 Å². The molecule has 0 spiro atoms. The van der Waals surface area contributed by atoms with Crippen LogP contribution in [0.25, 0.3) is 0 Å². The van der Waals surface area contributed by atoms with Gasteiger partial charge < -0.3 is 10.4 Å². The maximum Gasteiger partial charge on any atom is 0.404 e. The molecule has 0 aromatic carbocycles. The Kier molecular flexibility index (Phi) is 7.83. The molecule has 41 valence electrons. The fourth-order valence-electron chi connectivity index (χ4n) is 0. The number of hydrogen-bond acceptors (Lipinski definition) is 1. The Labute approximate surface area is 51.2 Å². The predicted octanol–water partition coefficient (Wildman–Crippen LogP) is -0.119. The standard InChI is InChI=1S/C2H5NO2.Ag/c1-3-2(4)5;/h3H,1H3,(H,4,5);. The Morgan fingerprint density at radius 3 is 2.00 bits per heavy atom. The van der Waals surface area contributed by atoms with Gasteiger partial charge in [-0.2, -0.15) is 0 Å². The van der Waals surface area contributed by atoms with Gasteiger partial charge in [-0.15, -0.1) is 0 Å². The molecule has 0 heterocycles. The second-order valence-electron chi connectivity index (χ2n) is 0.555. The number of hydrogen-bond donors (Lipinski definition) is 2. The van der Waals surface area contributed by atoms with Crippen LogP contribution in [0.15, 0.2) is 0 Å². The van der Waals surface area contributed by atoms with Crippen molar-refractivity contribution >= 4 is 6.09 Å². The van der Waals surface area contributed by atoms with Crippen molar-refractivity contribution in [1.29, 1.82) is 0 Å². The number of carbonyl (C=O) groups is 1. The fourth-order valence-corrected chi connectivity index (χ4v) is 0. The van der Waals surface area contributed by atoms with Gasteiger partial charge in [-0.3, -0.25) is 0 Å². The zero-order valence-corrected chi connectivity index (χ0v) is 4.64. The van der Waals surface area contributed by atoms with Crippen LogP contribution in [-0.2, 0) is 22.4 Å². The second kappa shape index (κ2) is 5.01. The Balaban J connectivity index is 0. The minimum Gasteiger partial charge on any atom is -0.465 e. The van der Waals surface area contributed by atoms with Gasteiger partial charge in [-0.25, -0.2) is 4.79 Å². The van der Waals surface area contributed by atoms with Crippen LogP contribution >= 0.6 is 0 Å². The van der Waals surface area contributed by atoms with Crippen molar-refractivity contribution < 1.29 is 32.3 Å². The predicted molar refractivity (Wildman–Crippen MR) is 17.1 cm³/mol. The molecule has 3 nitrogen and oxygen atoms in total. The molecule has 0 bridgehead atoms. The summed E-state index contributed by atoms with van der Waals surface area (Å²) < 4.78 is 0. The first-order valence-corrected chi connectivity index (χ1v) is 1.18. The Hall–Kier alpha value is 0.0103. The molecule has 0 aliphatic carbocycles. The van der Waals surface area contributed by atoms with E-state index in [1.54, 1.807) is 0 Å². The molecule has 0 saturated carbocycles. The number of nitrogens with one attached hydrogen (secondary N) is 1. The van der Waals surface area contributed by atoms with Gasteiger partial charge >= 0.3 is 6.09 Å². The molecule has 1 radical (unpaired) electrons. The molecule has 6 heavy (non-hydrogen) atoms. The Morgan fingerprint density at radius 1 is 1.83 bits per heavy atom. The van der Waals surface area contributed by atoms with Crippen LogP contribution in [0, 0.1) is 0 Å². The van der Waals surface area contributed by atoms with Crippen molar-refractivity contribution in [2.45, 2.75) is 0 Å². The minimum atomic E-state index is -0.995.